The van der Waals surface area contributed by atoms with Crippen molar-refractivity contribution in [1.82, 2.24) is 15.4 Å². The van der Waals surface area contributed by atoms with Crippen molar-refractivity contribution in [3.8, 4) is 11.3 Å². The molecular formula is C19H24N4O4. The molecule has 1 aliphatic heterocycles. The predicted molar refractivity (Wildman–Crippen MR) is 101 cm³/mol. The van der Waals surface area contributed by atoms with Crippen LogP contribution in [0.4, 0.5) is 5.82 Å². The second kappa shape index (κ2) is 8.68. The van der Waals surface area contributed by atoms with Crippen LogP contribution in [0, 0.1) is 0 Å². The third-order valence-corrected chi connectivity index (χ3v) is 4.53. The van der Waals surface area contributed by atoms with Crippen LogP contribution in [-0.4, -0.2) is 68.8 Å². The molecule has 1 aromatic carbocycles. The third-order valence-electron chi connectivity index (χ3n) is 4.53. The van der Waals surface area contributed by atoms with Crippen LogP contribution in [0.2, 0.25) is 0 Å². The maximum absolute atomic E-state index is 13.2. The molecule has 0 aliphatic carbocycles. The van der Waals surface area contributed by atoms with Crippen LogP contribution in [0.3, 0.4) is 0 Å². The van der Waals surface area contributed by atoms with E-state index in [-0.39, 0.29) is 18.2 Å². The molecule has 2 aromatic rings. The SMILES string of the molecule is CNC(=O)CCN(C)C(=O)c1c(N2CCOCC2)noc1-c1ccccc1. The van der Waals surface area contributed by atoms with Gasteiger partial charge in [0.25, 0.3) is 5.91 Å². The minimum Gasteiger partial charge on any atom is -0.378 e. The molecule has 0 atom stereocenters. The van der Waals surface area contributed by atoms with Gasteiger partial charge in [-0.15, -0.1) is 0 Å². The topological polar surface area (TPSA) is 87.9 Å². The Bertz CT molecular complexity index is 784. The number of carbonyl (C=O) groups excluding carboxylic acids is 2. The number of amides is 2. The number of hydrogen-bond donors (Lipinski definition) is 1. The van der Waals surface area contributed by atoms with Crippen molar-refractivity contribution >= 4 is 17.6 Å². The van der Waals surface area contributed by atoms with E-state index in [1.165, 1.54) is 4.90 Å². The Morgan fingerprint density at radius 2 is 1.93 bits per heavy atom. The number of anilines is 1. The van der Waals surface area contributed by atoms with E-state index < -0.39 is 0 Å². The summed E-state index contributed by atoms with van der Waals surface area (Å²) in [6.45, 7) is 2.74. The Morgan fingerprint density at radius 3 is 2.59 bits per heavy atom. The summed E-state index contributed by atoms with van der Waals surface area (Å²) in [5.74, 6) is 0.625. The van der Waals surface area contributed by atoms with Gasteiger partial charge in [-0.25, -0.2) is 0 Å². The minimum absolute atomic E-state index is 0.114. The van der Waals surface area contributed by atoms with Crippen molar-refractivity contribution < 1.29 is 18.8 Å². The largest absolute Gasteiger partial charge is 0.378 e. The quantitative estimate of drug-likeness (QED) is 0.824. The lowest BCUT2D eigenvalue weighted by molar-refractivity contribution is -0.120. The zero-order valence-corrected chi connectivity index (χ0v) is 15.6. The molecule has 0 bridgehead atoms. The van der Waals surface area contributed by atoms with Crippen molar-refractivity contribution in [2.45, 2.75) is 6.42 Å². The lowest BCUT2D eigenvalue weighted by Crippen LogP contribution is -2.38. The molecule has 1 saturated heterocycles. The standard InChI is InChI=1S/C19H24N4O4/c1-20-15(24)8-9-22(2)19(25)16-17(14-6-4-3-5-7-14)27-21-18(16)23-10-12-26-13-11-23/h3-7H,8-13H2,1-2H3,(H,20,24). The molecule has 0 unspecified atom stereocenters. The van der Waals surface area contributed by atoms with E-state index >= 15 is 0 Å². The second-order valence-electron chi connectivity index (χ2n) is 6.33. The number of aromatic nitrogens is 1. The fourth-order valence-corrected chi connectivity index (χ4v) is 2.94. The molecule has 8 heteroatoms. The first-order valence-electron chi connectivity index (χ1n) is 8.95. The predicted octanol–water partition coefficient (Wildman–Crippen LogP) is 1.39. The molecule has 27 heavy (non-hydrogen) atoms. The van der Waals surface area contributed by atoms with Crippen molar-refractivity contribution in [3.63, 3.8) is 0 Å². The first-order valence-corrected chi connectivity index (χ1v) is 8.95. The monoisotopic (exact) mass is 372 g/mol. The molecule has 1 fully saturated rings. The Labute approximate surface area is 158 Å². The van der Waals surface area contributed by atoms with Crippen molar-refractivity contribution in [1.29, 1.82) is 0 Å². The lowest BCUT2D eigenvalue weighted by atomic mass is 10.1. The van der Waals surface area contributed by atoms with Crippen molar-refractivity contribution in [3.05, 3.63) is 35.9 Å². The number of nitrogens with one attached hydrogen (secondary N) is 1. The number of morpholine rings is 1. The van der Waals surface area contributed by atoms with Gasteiger partial charge in [-0.3, -0.25) is 9.59 Å². The van der Waals surface area contributed by atoms with Crippen LogP contribution >= 0.6 is 0 Å². The minimum atomic E-state index is -0.222. The van der Waals surface area contributed by atoms with E-state index in [4.69, 9.17) is 9.26 Å². The molecule has 2 amide bonds. The summed E-state index contributed by atoms with van der Waals surface area (Å²) in [4.78, 5) is 28.3. The molecule has 144 valence electrons. The van der Waals surface area contributed by atoms with E-state index in [0.29, 0.717) is 50.0 Å². The maximum Gasteiger partial charge on any atom is 0.261 e. The Kier molecular flexibility index (Phi) is 6.08. The molecule has 3 rings (SSSR count). The van der Waals surface area contributed by atoms with Gasteiger partial charge in [-0.2, -0.15) is 0 Å². The van der Waals surface area contributed by atoms with Crippen LogP contribution in [0.25, 0.3) is 11.3 Å². The summed E-state index contributed by atoms with van der Waals surface area (Å²) in [6.07, 6.45) is 0.234. The average molecular weight is 372 g/mol. The van der Waals surface area contributed by atoms with Gasteiger partial charge in [-0.05, 0) is 0 Å². The highest BCUT2D eigenvalue weighted by molar-refractivity contribution is 6.04. The maximum atomic E-state index is 13.2. The van der Waals surface area contributed by atoms with Gasteiger partial charge in [0.2, 0.25) is 5.91 Å². The van der Waals surface area contributed by atoms with E-state index in [1.807, 2.05) is 35.2 Å². The second-order valence-corrected chi connectivity index (χ2v) is 6.33. The molecule has 8 nitrogen and oxygen atoms in total. The number of benzene rings is 1. The van der Waals surface area contributed by atoms with E-state index in [2.05, 4.69) is 10.5 Å². The van der Waals surface area contributed by atoms with E-state index in [1.54, 1.807) is 14.1 Å². The zero-order valence-electron chi connectivity index (χ0n) is 15.6. The van der Waals surface area contributed by atoms with Crippen LogP contribution in [-0.2, 0) is 9.53 Å². The van der Waals surface area contributed by atoms with Gasteiger partial charge in [-0.1, -0.05) is 35.5 Å². The van der Waals surface area contributed by atoms with Crippen LogP contribution in [0.15, 0.2) is 34.9 Å². The molecule has 1 N–H and O–H groups in total. The molecule has 0 radical (unpaired) electrons. The summed E-state index contributed by atoms with van der Waals surface area (Å²) in [6, 6.07) is 9.43. The van der Waals surface area contributed by atoms with Gasteiger partial charge in [0.15, 0.2) is 11.6 Å². The highest BCUT2D eigenvalue weighted by atomic mass is 16.5. The summed E-state index contributed by atoms with van der Waals surface area (Å²) in [5.41, 5.74) is 1.20. The number of carbonyl (C=O) groups is 2. The van der Waals surface area contributed by atoms with E-state index in [0.717, 1.165) is 5.56 Å². The summed E-state index contributed by atoms with van der Waals surface area (Å²) in [5, 5.41) is 6.76. The number of rotatable bonds is 6. The fraction of sp³-hybridized carbons (Fsp3) is 0.421. The van der Waals surface area contributed by atoms with Crippen LogP contribution in [0.1, 0.15) is 16.8 Å². The molecule has 1 aromatic heterocycles. The molecular weight excluding hydrogens is 348 g/mol. The Balaban J connectivity index is 1.93. The van der Waals surface area contributed by atoms with Gasteiger partial charge >= 0.3 is 0 Å². The van der Waals surface area contributed by atoms with Gasteiger partial charge in [0.05, 0.1) is 13.2 Å². The highest BCUT2D eigenvalue weighted by Crippen LogP contribution is 2.32. The van der Waals surface area contributed by atoms with Gasteiger partial charge < -0.3 is 24.4 Å². The Hall–Kier alpha value is -2.87. The summed E-state index contributed by atoms with van der Waals surface area (Å²) in [7, 11) is 3.25. The molecule has 0 spiro atoms. The molecule has 0 saturated carbocycles. The first-order chi connectivity index (χ1) is 13.1. The third kappa shape index (κ3) is 4.28. The first kappa shape index (κ1) is 18.9. The molecule has 2 heterocycles. The smallest absolute Gasteiger partial charge is 0.261 e. The normalized spacial score (nSPS) is 14.1. The van der Waals surface area contributed by atoms with Crippen molar-refractivity contribution in [2.75, 3.05) is 51.8 Å². The van der Waals surface area contributed by atoms with E-state index in [9.17, 15) is 9.59 Å². The lowest BCUT2D eigenvalue weighted by Gasteiger charge is -2.27. The highest BCUT2D eigenvalue weighted by Gasteiger charge is 2.30. The average Bonchev–Trinajstić information content (AvgIpc) is 3.17. The number of ether oxygens (including phenoxy) is 1. The van der Waals surface area contributed by atoms with Crippen molar-refractivity contribution in [2.24, 2.45) is 0 Å². The fourth-order valence-electron chi connectivity index (χ4n) is 2.94. The van der Waals surface area contributed by atoms with Crippen LogP contribution in [0.5, 0.6) is 0 Å². The zero-order chi connectivity index (χ0) is 19.2. The molecule has 1 aliphatic rings. The number of nitrogens with zero attached hydrogens (tertiary/aromatic N) is 3. The summed E-state index contributed by atoms with van der Waals surface area (Å²) >= 11 is 0. The van der Waals surface area contributed by atoms with Gasteiger partial charge in [0, 0.05) is 45.7 Å². The Morgan fingerprint density at radius 1 is 1.22 bits per heavy atom. The van der Waals surface area contributed by atoms with Gasteiger partial charge in [0.1, 0.15) is 5.56 Å². The summed E-state index contributed by atoms with van der Waals surface area (Å²) < 4.78 is 11.0. The number of hydrogen-bond acceptors (Lipinski definition) is 6. The van der Waals surface area contributed by atoms with Crippen LogP contribution < -0.4 is 10.2 Å².